The van der Waals surface area contributed by atoms with E-state index in [2.05, 4.69) is 5.32 Å². The van der Waals surface area contributed by atoms with Gasteiger partial charge in [-0.2, -0.15) is 0 Å². The van der Waals surface area contributed by atoms with Gasteiger partial charge in [-0.25, -0.2) is 13.2 Å². The number of hydrogen-bond acceptors (Lipinski definition) is 5. The fourth-order valence-corrected chi connectivity index (χ4v) is 4.13. The lowest BCUT2D eigenvalue weighted by Gasteiger charge is -2.18. The van der Waals surface area contributed by atoms with Crippen molar-refractivity contribution in [3.05, 3.63) is 54.1 Å². The molecule has 2 N–H and O–H groups in total. The predicted octanol–water partition coefficient (Wildman–Crippen LogP) is 2.68. The van der Waals surface area contributed by atoms with Gasteiger partial charge in [-0.1, -0.05) is 30.3 Å². The summed E-state index contributed by atoms with van der Waals surface area (Å²) >= 11 is 0. The Labute approximate surface area is 145 Å². The van der Waals surface area contributed by atoms with Crippen molar-refractivity contribution in [1.29, 1.82) is 0 Å². The zero-order valence-corrected chi connectivity index (χ0v) is 14.2. The highest BCUT2D eigenvalue weighted by Gasteiger charge is 2.28. The molecule has 1 amide bonds. The molecule has 25 heavy (non-hydrogen) atoms. The number of ether oxygens (including phenoxy) is 1. The lowest BCUT2D eigenvalue weighted by atomic mass is 10.2. The molecule has 2 aromatic carbocycles. The summed E-state index contributed by atoms with van der Waals surface area (Å²) < 4.78 is 30.4. The van der Waals surface area contributed by atoms with E-state index in [9.17, 15) is 18.3 Å². The molecule has 2 aromatic rings. The van der Waals surface area contributed by atoms with E-state index in [0.717, 1.165) is 5.56 Å². The van der Waals surface area contributed by atoms with Gasteiger partial charge >= 0.3 is 6.09 Å². The Morgan fingerprint density at radius 3 is 2.64 bits per heavy atom. The minimum absolute atomic E-state index is 0.0909. The smallest absolute Gasteiger partial charge is 0.412 e. The minimum atomic E-state index is -3.34. The molecule has 0 radical (unpaired) electrons. The van der Waals surface area contributed by atoms with E-state index in [1.807, 2.05) is 30.3 Å². The van der Waals surface area contributed by atoms with Crippen molar-refractivity contribution >= 4 is 27.5 Å². The average Bonchev–Trinajstić information content (AvgIpc) is 2.95. The van der Waals surface area contributed by atoms with Gasteiger partial charge in [0.15, 0.2) is 0 Å². The number of sulfonamides is 1. The molecule has 0 atom stereocenters. The number of hydrogen-bond donors (Lipinski definition) is 2. The number of nitrogens with one attached hydrogen (secondary N) is 1. The van der Waals surface area contributed by atoms with Crippen LogP contribution in [0, 0.1) is 0 Å². The molecule has 132 valence electrons. The van der Waals surface area contributed by atoms with Crippen molar-refractivity contribution in [1.82, 2.24) is 0 Å². The molecule has 8 heteroatoms. The first kappa shape index (κ1) is 17.1. The standard InChI is InChI=1S/C17H18N2O5S/c20-16-8-7-14(19-9-4-10-25(19,22)23)11-15(16)18-17(21)24-12-13-5-2-1-3-6-13/h1-3,5-8,11,20H,4,9-10,12H2,(H,18,21). The van der Waals surface area contributed by atoms with Gasteiger partial charge in [0.1, 0.15) is 12.4 Å². The summed E-state index contributed by atoms with van der Waals surface area (Å²) in [5.74, 6) is -0.0764. The van der Waals surface area contributed by atoms with Crippen molar-refractivity contribution in [2.75, 3.05) is 21.9 Å². The third-order valence-corrected chi connectivity index (χ3v) is 5.69. The number of amides is 1. The van der Waals surface area contributed by atoms with Crippen molar-refractivity contribution in [3.8, 4) is 5.75 Å². The number of carbonyl (C=O) groups excluding carboxylic acids is 1. The summed E-state index contributed by atoms with van der Waals surface area (Å²) in [6.07, 6.45) is -0.189. The molecule has 0 saturated carbocycles. The fourth-order valence-electron chi connectivity index (χ4n) is 2.58. The maximum Gasteiger partial charge on any atom is 0.412 e. The molecule has 1 saturated heterocycles. The molecule has 1 fully saturated rings. The molecule has 1 aliphatic heterocycles. The first-order valence-electron chi connectivity index (χ1n) is 7.77. The van der Waals surface area contributed by atoms with Gasteiger partial charge in [0.2, 0.25) is 10.0 Å². The molecule has 0 aliphatic carbocycles. The van der Waals surface area contributed by atoms with Crippen molar-refractivity contribution in [3.63, 3.8) is 0 Å². The quantitative estimate of drug-likeness (QED) is 0.815. The summed E-state index contributed by atoms with van der Waals surface area (Å²) in [5.41, 5.74) is 1.32. The number of carbonyl (C=O) groups is 1. The second-order valence-electron chi connectivity index (χ2n) is 5.63. The summed E-state index contributed by atoms with van der Waals surface area (Å²) in [7, 11) is -3.34. The van der Waals surface area contributed by atoms with Crippen molar-refractivity contribution in [2.45, 2.75) is 13.0 Å². The van der Waals surface area contributed by atoms with E-state index in [1.54, 1.807) is 0 Å². The molecular weight excluding hydrogens is 344 g/mol. The fraction of sp³-hybridized carbons (Fsp3) is 0.235. The summed E-state index contributed by atoms with van der Waals surface area (Å²) in [5, 5.41) is 12.3. The highest BCUT2D eigenvalue weighted by atomic mass is 32.2. The van der Waals surface area contributed by atoms with Gasteiger partial charge in [-0.15, -0.1) is 0 Å². The number of nitrogens with zero attached hydrogens (tertiary/aromatic N) is 1. The zero-order valence-electron chi connectivity index (χ0n) is 13.4. The van der Waals surface area contributed by atoms with E-state index >= 15 is 0 Å². The molecule has 1 heterocycles. The normalized spacial score (nSPS) is 15.8. The summed E-state index contributed by atoms with van der Waals surface area (Å²) in [6.45, 7) is 0.471. The van der Waals surface area contributed by atoms with Gasteiger partial charge in [-0.05, 0) is 30.2 Å². The van der Waals surface area contributed by atoms with E-state index in [1.165, 1.54) is 22.5 Å². The van der Waals surface area contributed by atoms with Crippen LogP contribution in [0.25, 0.3) is 0 Å². The minimum Gasteiger partial charge on any atom is -0.506 e. The number of phenols is 1. The molecule has 0 unspecified atom stereocenters. The van der Waals surface area contributed by atoms with E-state index in [0.29, 0.717) is 18.7 Å². The molecule has 1 aliphatic rings. The third kappa shape index (κ3) is 4.03. The van der Waals surface area contributed by atoms with E-state index in [4.69, 9.17) is 4.74 Å². The summed E-state index contributed by atoms with van der Waals surface area (Å²) in [6, 6.07) is 13.4. The van der Waals surface area contributed by atoms with Crippen LogP contribution in [0.5, 0.6) is 5.75 Å². The highest BCUT2D eigenvalue weighted by molar-refractivity contribution is 7.93. The molecule has 3 rings (SSSR count). The van der Waals surface area contributed by atoms with E-state index in [-0.39, 0.29) is 23.8 Å². The van der Waals surface area contributed by atoms with Gasteiger partial charge in [-0.3, -0.25) is 9.62 Å². The molecule has 7 nitrogen and oxygen atoms in total. The van der Waals surface area contributed by atoms with Crippen LogP contribution in [0.4, 0.5) is 16.2 Å². The van der Waals surface area contributed by atoms with Crippen LogP contribution in [0.1, 0.15) is 12.0 Å². The van der Waals surface area contributed by atoms with Gasteiger partial charge < -0.3 is 9.84 Å². The molecule has 0 bridgehead atoms. The lowest BCUT2D eigenvalue weighted by molar-refractivity contribution is 0.155. The molecular formula is C17H18N2O5S. The van der Waals surface area contributed by atoms with Crippen LogP contribution in [-0.4, -0.2) is 31.9 Å². The second kappa shape index (κ2) is 7.02. The maximum absolute atomic E-state index is 12.0. The second-order valence-corrected chi connectivity index (χ2v) is 7.64. The van der Waals surface area contributed by atoms with Crippen LogP contribution in [0.3, 0.4) is 0 Å². The van der Waals surface area contributed by atoms with Gasteiger partial charge in [0, 0.05) is 6.54 Å². The van der Waals surface area contributed by atoms with Crippen LogP contribution in [0.15, 0.2) is 48.5 Å². The Kier molecular flexibility index (Phi) is 4.80. The Balaban J connectivity index is 1.69. The monoisotopic (exact) mass is 362 g/mol. The summed E-state index contributed by atoms with van der Waals surface area (Å²) in [4.78, 5) is 11.9. The number of aromatic hydroxyl groups is 1. The third-order valence-electron chi connectivity index (χ3n) is 3.82. The number of benzene rings is 2. The molecule has 0 aromatic heterocycles. The molecule has 0 spiro atoms. The highest BCUT2D eigenvalue weighted by Crippen LogP contribution is 2.32. The van der Waals surface area contributed by atoms with Crippen LogP contribution in [-0.2, 0) is 21.4 Å². The Hall–Kier alpha value is -2.74. The van der Waals surface area contributed by atoms with Crippen molar-refractivity contribution < 1.29 is 23.1 Å². The Morgan fingerprint density at radius 2 is 1.96 bits per heavy atom. The SMILES string of the molecule is O=C(Nc1cc(N2CCCS2(=O)=O)ccc1O)OCc1ccccc1. The number of rotatable bonds is 4. The number of anilines is 2. The van der Waals surface area contributed by atoms with E-state index < -0.39 is 16.1 Å². The van der Waals surface area contributed by atoms with Crippen LogP contribution < -0.4 is 9.62 Å². The largest absolute Gasteiger partial charge is 0.506 e. The predicted molar refractivity (Wildman–Crippen MR) is 94.1 cm³/mol. The van der Waals surface area contributed by atoms with Gasteiger partial charge in [0.05, 0.1) is 17.1 Å². The lowest BCUT2D eigenvalue weighted by Crippen LogP contribution is -2.25. The topological polar surface area (TPSA) is 95.9 Å². The van der Waals surface area contributed by atoms with Crippen molar-refractivity contribution in [2.24, 2.45) is 0 Å². The number of phenolic OH excluding ortho intramolecular Hbond substituents is 1. The zero-order chi connectivity index (χ0) is 17.9. The van der Waals surface area contributed by atoms with Crippen LogP contribution >= 0.6 is 0 Å². The Bertz CT molecular complexity index is 868. The van der Waals surface area contributed by atoms with Crippen LogP contribution in [0.2, 0.25) is 0 Å². The maximum atomic E-state index is 12.0. The first-order valence-corrected chi connectivity index (χ1v) is 9.38. The van der Waals surface area contributed by atoms with Gasteiger partial charge in [0.25, 0.3) is 0 Å². The Morgan fingerprint density at radius 1 is 1.20 bits per heavy atom. The average molecular weight is 362 g/mol. The first-order chi connectivity index (χ1) is 12.0.